The molecule has 0 aromatic heterocycles. The molecule has 10 heavy (non-hydrogen) atoms. The maximum Gasteiger partial charge on any atom is 0.0370 e. The average molecular weight is 181 g/mol. The molecule has 0 spiro atoms. The van der Waals surface area contributed by atoms with Crippen LogP contribution in [0.3, 0.4) is 0 Å². The maximum atomic E-state index is 5.91. The van der Waals surface area contributed by atoms with Gasteiger partial charge in [-0.1, -0.05) is 24.1 Å². The molecule has 0 aliphatic carbocycles. The maximum absolute atomic E-state index is 5.91. The highest BCUT2D eigenvalue weighted by atomic mass is 35.5. The van der Waals surface area contributed by atoms with Gasteiger partial charge < -0.3 is 0 Å². The molecule has 0 N–H and O–H groups in total. The van der Waals surface area contributed by atoms with E-state index in [1.54, 1.807) is 0 Å². The quantitative estimate of drug-likeness (QED) is 0.578. The summed E-state index contributed by atoms with van der Waals surface area (Å²) in [6.45, 7) is 6.00. The molecule has 60 valence electrons. The Hall–Kier alpha value is 0.320. The molecule has 0 aliphatic rings. The first-order valence-electron chi connectivity index (χ1n) is 3.53. The predicted molar refractivity (Wildman–Crippen MR) is 48.8 cm³/mol. The fourth-order valence-electron chi connectivity index (χ4n) is 0.617. The van der Waals surface area contributed by atoms with Crippen molar-refractivity contribution in [2.75, 3.05) is 0 Å². The van der Waals surface area contributed by atoms with E-state index < -0.39 is 0 Å². The fourth-order valence-corrected chi connectivity index (χ4v) is 0.926. The molecule has 2 heteroatoms. The van der Waals surface area contributed by atoms with Crippen molar-refractivity contribution < 1.29 is 0 Å². The molecule has 0 saturated heterocycles. The van der Waals surface area contributed by atoms with Crippen LogP contribution in [0.25, 0.3) is 0 Å². The standard InChI is InChI=1S/C8H14Cl2/c1-4-8(10)5-6(2)7(3)9/h8H,4-5H2,1-3H3. The van der Waals surface area contributed by atoms with Crippen molar-refractivity contribution >= 4 is 23.2 Å². The number of allylic oxidation sites excluding steroid dienone is 2. The van der Waals surface area contributed by atoms with Gasteiger partial charge in [0, 0.05) is 10.4 Å². The second-order valence-electron chi connectivity index (χ2n) is 2.52. The Kier molecular flexibility index (Phi) is 5.20. The summed E-state index contributed by atoms with van der Waals surface area (Å²) < 4.78 is 0. The van der Waals surface area contributed by atoms with E-state index in [1.807, 2.05) is 13.8 Å². The molecule has 0 aliphatic heterocycles. The van der Waals surface area contributed by atoms with Crippen LogP contribution in [0.2, 0.25) is 0 Å². The van der Waals surface area contributed by atoms with Gasteiger partial charge in [-0.25, -0.2) is 0 Å². The molecule has 0 aromatic carbocycles. The van der Waals surface area contributed by atoms with Gasteiger partial charge in [0.25, 0.3) is 0 Å². The summed E-state index contributed by atoms with van der Waals surface area (Å²) in [6, 6.07) is 0. The molecule has 0 saturated carbocycles. The molecule has 0 heterocycles. The average Bonchev–Trinajstić information content (AvgIpc) is 1.87. The van der Waals surface area contributed by atoms with Crippen molar-refractivity contribution in [3.8, 4) is 0 Å². The Labute approximate surface area is 73.2 Å². The van der Waals surface area contributed by atoms with Crippen LogP contribution in [0.5, 0.6) is 0 Å². The van der Waals surface area contributed by atoms with Crippen LogP contribution in [0, 0.1) is 0 Å². The number of hydrogen-bond donors (Lipinski definition) is 0. The summed E-state index contributed by atoms with van der Waals surface area (Å²) in [5.74, 6) is 0. The van der Waals surface area contributed by atoms with Gasteiger partial charge in [-0.2, -0.15) is 0 Å². The van der Waals surface area contributed by atoms with Gasteiger partial charge in [0.1, 0.15) is 0 Å². The first-order chi connectivity index (χ1) is 4.57. The lowest BCUT2D eigenvalue weighted by Crippen LogP contribution is -1.96. The minimum atomic E-state index is 0.244. The van der Waals surface area contributed by atoms with E-state index in [1.165, 1.54) is 5.57 Å². The number of alkyl halides is 1. The van der Waals surface area contributed by atoms with E-state index in [0.717, 1.165) is 17.9 Å². The van der Waals surface area contributed by atoms with Crippen molar-refractivity contribution in [3.05, 3.63) is 10.6 Å². The second kappa shape index (κ2) is 5.03. The lowest BCUT2D eigenvalue weighted by molar-refractivity contribution is 0.795. The number of rotatable bonds is 3. The third-order valence-electron chi connectivity index (χ3n) is 1.56. The van der Waals surface area contributed by atoms with Gasteiger partial charge in [0.2, 0.25) is 0 Å². The van der Waals surface area contributed by atoms with Crippen molar-refractivity contribution in [2.24, 2.45) is 0 Å². The normalized spacial score (nSPS) is 16.5. The van der Waals surface area contributed by atoms with Crippen molar-refractivity contribution in [1.29, 1.82) is 0 Å². The summed E-state index contributed by atoms with van der Waals surface area (Å²) in [5, 5.41) is 1.12. The molecule has 0 fully saturated rings. The van der Waals surface area contributed by atoms with Crippen molar-refractivity contribution in [3.63, 3.8) is 0 Å². The summed E-state index contributed by atoms with van der Waals surface area (Å²) >= 11 is 11.7. The summed E-state index contributed by atoms with van der Waals surface area (Å²) in [6.07, 6.45) is 1.91. The molecule has 0 rings (SSSR count). The molecule has 0 nitrogen and oxygen atoms in total. The molecule has 0 radical (unpaired) electrons. The smallest absolute Gasteiger partial charge is 0.0370 e. The monoisotopic (exact) mass is 180 g/mol. The van der Waals surface area contributed by atoms with E-state index in [9.17, 15) is 0 Å². The van der Waals surface area contributed by atoms with Gasteiger partial charge >= 0.3 is 0 Å². The minimum Gasteiger partial charge on any atom is -0.123 e. The van der Waals surface area contributed by atoms with Gasteiger partial charge in [0.15, 0.2) is 0 Å². The Balaban J connectivity index is 3.79. The fraction of sp³-hybridized carbons (Fsp3) is 0.750. The van der Waals surface area contributed by atoms with Crippen LogP contribution >= 0.6 is 23.2 Å². The van der Waals surface area contributed by atoms with E-state index in [0.29, 0.717) is 0 Å². The van der Waals surface area contributed by atoms with Crippen LogP contribution in [-0.2, 0) is 0 Å². The van der Waals surface area contributed by atoms with E-state index in [-0.39, 0.29) is 5.38 Å². The highest BCUT2D eigenvalue weighted by Crippen LogP contribution is 2.18. The molecule has 0 bridgehead atoms. The second-order valence-corrected chi connectivity index (χ2v) is 3.71. The van der Waals surface area contributed by atoms with Crippen LogP contribution in [0.15, 0.2) is 10.6 Å². The third kappa shape index (κ3) is 4.19. The summed E-state index contributed by atoms with van der Waals surface area (Å²) in [5.41, 5.74) is 1.20. The van der Waals surface area contributed by atoms with E-state index >= 15 is 0 Å². The molecular formula is C8H14Cl2. The zero-order valence-corrected chi connectivity index (χ0v) is 8.26. The molecule has 1 atom stereocenters. The van der Waals surface area contributed by atoms with Gasteiger partial charge in [-0.05, 0) is 26.7 Å². The van der Waals surface area contributed by atoms with Gasteiger partial charge in [-0.15, -0.1) is 11.6 Å². The Morgan fingerprint density at radius 3 is 2.20 bits per heavy atom. The first kappa shape index (κ1) is 10.3. The Morgan fingerprint density at radius 1 is 1.40 bits per heavy atom. The zero-order valence-electron chi connectivity index (χ0n) is 6.75. The zero-order chi connectivity index (χ0) is 8.15. The largest absolute Gasteiger partial charge is 0.123 e. The first-order valence-corrected chi connectivity index (χ1v) is 4.35. The topological polar surface area (TPSA) is 0 Å². The molecule has 0 aromatic rings. The lowest BCUT2D eigenvalue weighted by Gasteiger charge is -2.06. The van der Waals surface area contributed by atoms with Crippen LogP contribution in [-0.4, -0.2) is 5.38 Å². The molecular weight excluding hydrogens is 167 g/mol. The highest BCUT2D eigenvalue weighted by Gasteiger charge is 2.02. The van der Waals surface area contributed by atoms with E-state index in [2.05, 4.69) is 6.92 Å². The minimum absolute atomic E-state index is 0.244. The third-order valence-corrected chi connectivity index (χ3v) is 2.34. The van der Waals surface area contributed by atoms with E-state index in [4.69, 9.17) is 23.2 Å². The van der Waals surface area contributed by atoms with Gasteiger partial charge in [-0.3, -0.25) is 0 Å². The predicted octanol–water partition coefficient (Wildman–Crippen LogP) is 3.93. The van der Waals surface area contributed by atoms with Crippen LogP contribution in [0.1, 0.15) is 33.6 Å². The molecule has 1 unspecified atom stereocenters. The van der Waals surface area contributed by atoms with Crippen molar-refractivity contribution in [2.45, 2.75) is 39.0 Å². The van der Waals surface area contributed by atoms with Crippen LogP contribution < -0.4 is 0 Å². The molecule has 0 amide bonds. The SMILES string of the molecule is CCC(Cl)CC(C)=C(C)Cl. The van der Waals surface area contributed by atoms with Crippen LogP contribution in [0.4, 0.5) is 0 Å². The Morgan fingerprint density at radius 2 is 1.90 bits per heavy atom. The highest BCUT2D eigenvalue weighted by molar-refractivity contribution is 6.29. The lowest BCUT2D eigenvalue weighted by atomic mass is 10.1. The number of hydrogen-bond acceptors (Lipinski definition) is 0. The van der Waals surface area contributed by atoms with Crippen molar-refractivity contribution in [1.82, 2.24) is 0 Å². The summed E-state index contributed by atoms with van der Waals surface area (Å²) in [7, 11) is 0. The number of halogens is 2. The Bertz CT molecular complexity index is 123. The van der Waals surface area contributed by atoms with Gasteiger partial charge in [0.05, 0.1) is 0 Å². The summed E-state index contributed by atoms with van der Waals surface area (Å²) in [4.78, 5) is 0.